The summed E-state index contributed by atoms with van der Waals surface area (Å²) in [5, 5.41) is 12.7. The SMILES string of the molecule is N#CCc1sc(Cc2cccc3ccccc23)nc1C1CC1. The first-order valence-electron chi connectivity index (χ1n) is 7.67. The second kappa shape index (κ2) is 5.55. The van der Waals surface area contributed by atoms with Gasteiger partial charge >= 0.3 is 0 Å². The van der Waals surface area contributed by atoms with E-state index in [1.165, 1.54) is 39.7 Å². The molecule has 0 saturated heterocycles. The van der Waals surface area contributed by atoms with E-state index < -0.39 is 0 Å². The summed E-state index contributed by atoms with van der Waals surface area (Å²) in [5.74, 6) is 0.612. The number of benzene rings is 2. The summed E-state index contributed by atoms with van der Waals surface area (Å²) in [6, 6.07) is 17.2. The molecule has 2 aromatic carbocycles. The molecule has 4 rings (SSSR count). The van der Waals surface area contributed by atoms with Gasteiger partial charge in [0.15, 0.2) is 0 Å². The predicted octanol–water partition coefficient (Wildman–Crippen LogP) is 4.83. The number of nitrogens with zero attached hydrogens (tertiary/aromatic N) is 2. The van der Waals surface area contributed by atoms with Crippen LogP contribution < -0.4 is 0 Å². The maximum absolute atomic E-state index is 9.02. The van der Waals surface area contributed by atoms with Crippen LogP contribution in [0.25, 0.3) is 10.8 Å². The van der Waals surface area contributed by atoms with Gasteiger partial charge in [0.2, 0.25) is 0 Å². The molecule has 0 atom stereocenters. The van der Waals surface area contributed by atoms with Gasteiger partial charge in [-0.25, -0.2) is 4.98 Å². The van der Waals surface area contributed by atoms with E-state index in [9.17, 15) is 0 Å². The van der Waals surface area contributed by atoms with Crippen molar-refractivity contribution >= 4 is 22.1 Å². The molecule has 0 unspecified atom stereocenters. The maximum Gasteiger partial charge on any atom is 0.0975 e. The van der Waals surface area contributed by atoms with Crippen molar-refractivity contribution in [1.82, 2.24) is 4.98 Å². The zero-order chi connectivity index (χ0) is 14.9. The summed E-state index contributed by atoms with van der Waals surface area (Å²) >= 11 is 1.72. The summed E-state index contributed by atoms with van der Waals surface area (Å²) < 4.78 is 0. The van der Waals surface area contributed by atoms with E-state index in [0.717, 1.165) is 11.4 Å². The zero-order valence-electron chi connectivity index (χ0n) is 12.2. The Morgan fingerprint density at radius 3 is 2.77 bits per heavy atom. The second-order valence-electron chi connectivity index (χ2n) is 5.84. The molecule has 3 aromatic rings. The van der Waals surface area contributed by atoms with Gasteiger partial charge in [-0.2, -0.15) is 5.26 Å². The van der Waals surface area contributed by atoms with Crippen molar-refractivity contribution in [3.05, 3.63) is 63.6 Å². The first-order chi connectivity index (χ1) is 10.8. The molecule has 1 aliphatic rings. The van der Waals surface area contributed by atoms with Crippen LogP contribution in [-0.2, 0) is 12.8 Å². The fraction of sp³-hybridized carbons (Fsp3) is 0.263. The van der Waals surface area contributed by atoms with Gasteiger partial charge < -0.3 is 0 Å². The molecule has 1 saturated carbocycles. The van der Waals surface area contributed by atoms with Crippen molar-refractivity contribution in [2.45, 2.75) is 31.6 Å². The Kier molecular flexibility index (Phi) is 3.40. The third-order valence-electron chi connectivity index (χ3n) is 4.20. The summed E-state index contributed by atoms with van der Waals surface area (Å²) in [7, 11) is 0. The molecule has 22 heavy (non-hydrogen) atoms. The summed E-state index contributed by atoms with van der Waals surface area (Å²) in [5.41, 5.74) is 2.51. The Balaban J connectivity index is 1.71. The van der Waals surface area contributed by atoms with Gasteiger partial charge in [-0.15, -0.1) is 11.3 Å². The number of thiazole rings is 1. The average molecular weight is 304 g/mol. The quantitative estimate of drug-likeness (QED) is 0.692. The number of aromatic nitrogens is 1. The fourth-order valence-electron chi connectivity index (χ4n) is 2.97. The smallest absolute Gasteiger partial charge is 0.0975 e. The van der Waals surface area contributed by atoms with E-state index in [0.29, 0.717) is 12.3 Å². The van der Waals surface area contributed by atoms with Gasteiger partial charge in [0.25, 0.3) is 0 Å². The van der Waals surface area contributed by atoms with Crippen LogP contribution in [0, 0.1) is 11.3 Å². The van der Waals surface area contributed by atoms with Gasteiger partial charge in [-0.05, 0) is 29.2 Å². The van der Waals surface area contributed by atoms with Crippen molar-refractivity contribution in [2.24, 2.45) is 0 Å². The van der Waals surface area contributed by atoms with Crippen molar-refractivity contribution in [3.8, 4) is 6.07 Å². The summed E-state index contributed by atoms with van der Waals surface area (Å²) in [6.07, 6.45) is 3.82. The highest BCUT2D eigenvalue weighted by Gasteiger charge is 2.29. The Morgan fingerprint density at radius 1 is 1.14 bits per heavy atom. The van der Waals surface area contributed by atoms with Gasteiger partial charge in [0.1, 0.15) is 0 Å². The molecule has 108 valence electrons. The van der Waals surface area contributed by atoms with Gasteiger partial charge in [-0.1, -0.05) is 42.5 Å². The molecule has 0 radical (unpaired) electrons. The minimum atomic E-state index is 0.499. The van der Waals surface area contributed by atoms with Crippen LogP contribution in [0.15, 0.2) is 42.5 Å². The molecular formula is C19H16N2S. The first kappa shape index (κ1) is 13.5. The highest BCUT2D eigenvalue weighted by molar-refractivity contribution is 7.11. The molecule has 2 nitrogen and oxygen atoms in total. The van der Waals surface area contributed by atoms with E-state index in [2.05, 4.69) is 48.5 Å². The third-order valence-corrected chi connectivity index (χ3v) is 5.27. The lowest BCUT2D eigenvalue weighted by molar-refractivity contribution is 0.987. The molecule has 0 amide bonds. The van der Waals surface area contributed by atoms with Gasteiger partial charge in [0.05, 0.1) is 23.2 Å². The molecule has 0 aliphatic heterocycles. The number of nitriles is 1. The van der Waals surface area contributed by atoms with E-state index in [1.807, 2.05) is 0 Å². The lowest BCUT2D eigenvalue weighted by atomic mass is 10.0. The Labute approximate surface area is 134 Å². The molecule has 1 fully saturated rings. The Hall–Kier alpha value is -2.18. The molecule has 1 aromatic heterocycles. The standard InChI is InChI=1S/C19H16N2S/c20-11-10-17-19(14-8-9-14)21-18(22-17)12-15-6-3-5-13-4-1-2-7-16(13)15/h1-7,14H,8-10,12H2. The van der Waals surface area contributed by atoms with Crippen LogP contribution in [0.1, 0.15) is 39.9 Å². The minimum absolute atomic E-state index is 0.499. The van der Waals surface area contributed by atoms with Crippen LogP contribution in [0.4, 0.5) is 0 Å². The second-order valence-corrected chi connectivity index (χ2v) is 7.01. The maximum atomic E-state index is 9.02. The average Bonchev–Trinajstić information content (AvgIpc) is 3.31. The molecule has 1 heterocycles. The van der Waals surface area contributed by atoms with Crippen molar-refractivity contribution in [2.75, 3.05) is 0 Å². The van der Waals surface area contributed by atoms with Gasteiger partial charge in [0, 0.05) is 17.2 Å². The van der Waals surface area contributed by atoms with Crippen LogP contribution >= 0.6 is 11.3 Å². The number of hydrogen-bond acceptors (Lipinski definition) is 3. The van der Waals surface area contributed by atoms with E-state index in [-0.39, 0.29) is 0 Å². The highest BCUT2D eigenvalue weighted by Crippen LogP contribution is 2.43. The van der Waals surface area contributed by atoms with Crippen molar-refractivity contribution < 1.29 is 0 Å². The molecule has 0 N–H and O–H groups in total. The first-order valence-corrected chi connectivity index (χ1v) is 8.49. The zero-order valence-corrected chi connectivity index (χ0v) is 13.1. The van der Waals surface area contributed by atoms with Crippen LogP contribution in [0.2, 0.25) is 0 Å². The lowest BCUT2D eigenvalue weighted by Gasteiger charge is -2.04. The Morgan fingerprint density at radius 2 is 1.95 bits per heavy atom. The number of hydrogen-bond donors (Lipinski definition) is 0. The van der Waals surface area contributed by atoms with Crippen molar-refractivity contribution in [1.29, 1.82) is 5.26 Å². The molecular weight excluding hydrogens is 288 g/mol. The molecule has 1 aliphatic carbocycles. The molecule has 3 heteroatoms. The fourth-order valence-corrected chi connectivity index (χ4v) is 4.08. The van der Waals surface area contributed by atoms with Gasteiger partial charge in [-0.3, -0.25) is 0 Å². The monoisotopic (exact) mass is 304 g/mol. The largest absolute Gasteiger partial charge is 0.245 e. The lowest BCUT2D eigenvalue weighted by Crippen LogP contribution is -1.90. The number of fused-ring (bicyclic) bond motifs is 1. The summed E-state index contributed by atoms with van der Waals surface area (Å²) in [6.45, 7) is 0. The predicted molar refractivity (Wildman–Crippen MR) is 90.2 cm³/mol. The van der Waals surface area contributed by atoms with E-state index >= 15 is 0 Å². The van der Waals surface area contributed by atoms with E-state index in [1.54, 1.807) is 11.3 Å². The number of rotatable bonds is 4. The summed E-state index contributed by atoms with van der Waals surface area (Å²) in [4.78, 5) is 6.04. The minimum Gasteiger partial charge on any atom is -0.245 e. The van der Waals surface area contributed by atoms with Crippen LogP contribution in [0.3, 0.4) is 0 Å². The van der Waals surface area contributed by atoms with Crippen LogP contribution in [0.5, 0.6) is 0 Å². The molecule has 0 bridgehead atoms. The molecule has 0 spiro atoms. The Bertz CT molecular complexity index is 863. The topological polar surface area (TPSA) is 36.7 Å². The highest BCUT2D eigenvalue weighted by atomic mass is 32.1. The van der Waals surface area contributed by atoms with E-state index in [4.69, 9.17) is 10.2 Å². The third kappa shape index (κ3) is 2.51. The normalized spacial score (nSPS) is 14.1. The van der Waals surface area contributed by atoms with Crippen LogP contribution in [-0.4, -0.2) is 4.98 Å². The van der Waals surface area contributed by atoms with Crippen molar-refractivity contribution in [3.63, 3.8) is 0 Å².